The Bertz CT molecular complexity index is 326. The van der Waals surface area contributed by atoms with E-state index in [1.807, 2.05) is 0 Å². The van der Waals surface area contributed by atoms with Crippen molar-refractivity contribution in [2.24, 2.45) is 0 Å². The molecule has 1 heterocycles. The Balaban J connectivity index is 2.49. The molecule has 0 bridgehead atoms. The monoisotopic (exact) mass is 262 g/mol. The standard InChI is InChI=1S/C18H32N/c1-5-13-19(14-7-6-8-15-19)16-12-18(4)11-9-10-17(2)3/h5,10,12H,1,6-9,11,13-16H2,2-4H3/q+1/b18-12+. The van der Waals surface area contributed by atoms with Gasteiger partial charge in [0.25, 0.3) is 0 Å². The normalized spacial score (nSPS) is 19.0. The smallest absolute Gasteiger partial charge is 0.0978 e. The molecule has 0 N–H and O–H groups in total. The minimum Gasteiger partial charge on any atom is -0.317 e. The zero-order valence-electron chi connectivity index (χ0n) is 13.3. The number of hydrogen-bond donors (Lipinski definition) is 0. The third-order valence-corrected chi connectivity index (χ3v) is 4.20. The molecule has 1 aliphatic heterocycles. The summed E-state index contributed by atoms with van der Waals surface area (Å²) >= 11 is 0. The Hall–Kier alpha value is -0.820. The van der Waals surface area contributed by atoms with Crippen LogP contribution >= 0.6 is 0 Å². The average Bonchev–Trinajstić information content (AvgIpc) is 2.38. The molecule has 19 heavy (non-hydrogen) atoms. The molecular formula is C18H32N+. The first-order valence-corrected chi connectivity index (χ1v) is 7.83. The van der Waals surface area contributed by atoms with Gasteiger partial charge in [-0.15, -0.1) is 0 Å². The van der Waals surface area contributed by atoms with Crippen LogP contribution in [0.2, 0.25) is 0 Å². The molecule has 108 valence electrons. The number of allylic oxidation sites excluding steroid dienone is 3. The number of likely N-dealkylation sites (tertiary alicyclic amines) is 1. The minimum absolute atomic E-state index is 1.14. The molecule has 1 aliphatic rings. The van der Waals surface area contributed by atoms with Crippen LogP contribution in [0.5, 0.6) is 0 Å². The van der Waals surface area contributed by atoms with Crippen molar-refractivity contribution in [1.82, 2.24) is 0 Å². The Kier molecular flexibility index (Phi) is 7.15. The Morgan fingerprint density at radius 1 is 1.00 bits per heavy atom. The van der Waals surface area contributed by atoms with Crippen LogP contribution in [0.25, 0.3) is 0 Å². The summed E-state index contributed by atoms with van der Waals surface area (Å²) in [4.78, 5) is 0. The molecule has 0 aromatic rings. The fourth-order valence-corrected chi connectivity index (χ4v) is 2.94. The molecule has 1 rings (SSSR count). The van der Waals surface area contributed by atoms with Gasteiger partial charge in [-0.25, -0.2) is 0 Å². The second-order valence-electron chi connectivity index (χ2n) is 6.37. The van der Waals surface area contributed by atoms with Crippen molar-refractivity contribution in [1.29, 1.82) is 0 Å². The molecule has 1 heteroatoms. The van der Waals surface area contributed by atoms with Crippen molar-refractivity contribution in [3.63, 3.8) is 0 Å². The number of hydrogen-bond acceptors (Lipinski definition) is 0. The zero-order chi connectivity index (χ0) is 14.1. The molecule has 0 saturated carbocycles. The summed E-state index contributed by atoms with van der Waals surface area (Å²) in [5.74, 6) is 0. The van der Waals surface area contributed by atoms with E-state index in [1.54, 1.807) is 5.57 Å². The summed E-state index contributed by atoms with van der Waals surface area (Å²) in [6.07, 6.45) is 13.5. The summed E-state index contributed by atoms with van der Waals surface area (Å²) in [5, 5.41) is 0. The predicted molar refractivity (Wildman–Crippen MR) is 86.2 cm³/mol. The van der Waals surface area contributed by atoms with E-state index in [1.165, 1.54) is 61.8 Å². The highest BCUT2D eigenvalue weighted by Crippen LogP contribution is 2.20. The van der Waals surface area contributed by atoms with Gasteiger partial charge in [0.1, 0.15) is 0 Å². The lowest BCUT2D eigenvalue weighted by Crippen LogP contribution is -2.51. The van der Waals surface area contributed by atoms with E-state index in [9.17, 15) is 0 Å². The first-order valence-electron chi connectivity index (χ1n) is 7.83. The fraction of sp³-hybridized carbons (Fsp3) is 0.667. The first-order chi connectivity index (χ1) is 9.08. The van der Waals surface area contributed by atoms with Crippen molar-refractivity contribution in [3.05, 3.63) is 36.0 Å². The summed E-state index contributed by atoms with van der Waals surface area (Å²) < 4.78 is 1.24. The van der Waals surface area contributed by atoms with Crippen molar-refractivity contribution in [2.75, 3.05) is 26.2 Å². The van der Waals surface area contributed by atoms with E-state index >= 15 is 0 Å². The molecule has 0 amide bonds. The maximum absolute atomic E-state index is 3.95. The third kappa shape index (κ3) is 6.24. The van der Waals surface area contributed by atoms with Gasteiger partial charge >= 0.3 is 0 Å². The topological polar surface area (TPSA) is 0 Å². The molecule has 1 nitrogen and oxygen atoms in total. The first kappa shape index (κ1) is 16.2. The van der Waals surface area contributed by atoms with Crippen LogP contribution in [0.1, 0.15) is 52.9 Å². The van der Waals surface area contributed by atoms with Crippen molar-refractivity contribution >= 4 is 0 Å². The van der Waals surface area contributed by atoms with E-state index in [-0.39, 0.29) is 0 Å². The van der Waals surface area contributed by atoms with E-state index in [0.29, 0.717) is 0 Å². The van der Waals surface area contributed by atoms with Gasteiger partial charge in [0.15, 0.2) is 0 Å². The number of piperidine rings is 1. The van der Waals surface area contributed by atoms with Crippen LogP contribution in [-0.2, 0) is 0 Å². The molecule has 0 radical (unpaired) electrons. The van der Waals surface area contributed by atoms with Gasteiger partial charge in [-0.3, -0.25) is 0 Å². The van der Waals surface area contributed by atoms with E-state index in [4.69, 9.17) is 0 Å². The van der Waals surface area contributed by atoms with Crippen LogP contribution in [0.3, 0.4) is 0 Å². The molecular weight excluding hydrogens is 230 g/mol. The van der Waals surface area contributed by atoms with Gasteiger partial charge in [0.05, 0.1) is 26.2 Å². The van der Waals surface area contributed by atoms with E-state index < -0.39 is 0 Å². The van der Waals surface area contributed by atoms with Gasteiger partial charge in [-0.1, -0.05) is 23.8 Å². The lowest BCUT2D eigenvalue weighted by molar-refractivity contribution is -0.921. The van der Waals surface area contributed by atoms with Crippen molar-refractivity contribution in [2.45, 2.75) is 52.9 Å². The van der Waals surface area contributed by atoms with Gasteiger partial charge in [0.2, 0.25) is 0 Å². The van der Waals surface area contributed by atoms with Crippen LogP contribution < -0.4 is 0 Å². The molecule has 1 saturated heterocycles. The molecule has 0 aliphatic carbocycles. The maximum atomic E-state index is 3.95. The van der Waals surface area contributed by atoms with Crippen LogP contribution in [-0.4, -0.2) is 30.7 Å². The number of nitrogens with zero attached hydrogens (tertiary/aromatic N) is 1. The highest BCUT2D eigenvalue weighted by molar-refractivity contribution is 5.02. The van der Waals surface area contributed by atoms with Crippen LogP contribution in [0.4, 0.5) is 0 Å². The average molecular weight is 262 g/mol. The second-order valence-corrected chi connectivity index (χ2v) is 6.37. The highest BCUT2D eigenvalue weighted by Gasteiger charge is 2.27. The molecule has 0 unspecified atom stereocenters. The number of quaternary nitrogens is 1. The molecule has 0 aromatic carbocycles. The molecule has 1 fully saturated rings. The van der Waals surface area contributed by atoms with Crippen LogP contribution in [0, 0.1) is 0 Å². The number of rotatable bonds is 7. The highest BCUT2D eigenvalue weighted by atomic mass is 15.3. The second kappa shape index (κ2) is 8.37. The van der Waals surface area contributed by atoms with Gasteiger partial charge < -0.3 is 4.48 Å². The summed E-state index contributed by atoms with van der Waals surface area (Å²) in [7, 11) is 0. The molecule has 0 aromatic heterocycles. The Morgan fingerprint density at radius 3 is 2.26 bits per heavy atom. The van der Waals surface area contributed by atoms with Gasteiger partial charge in [-0.2, -0.15) is 0 Å². The molecule has 0 atom stereocenters. The van der Waals surface area contributed by atoms with Crippen molar-refractivity contribution < 1.29 is 4.48 Å². The summed E-state index contributed by atoms with van der Waals surface area (Å²) in [5.41, 5.74) is 2.98. The maximum Gasteiger partial charge on any atom is 0.0978 e. The summed E-state index contributed by atoms with van der Waals surface area (Å²) in [6.45, 7) is 15.6. The summed E-state index contributed by atoms with van der Waals surface area (Å²) in [6, 6.07) is 0. The van der Waals surface area contributed by atoms with Gasteiger partial charge in [-0.05, 0) is 65.0 Å². The van der Waals surface area contributed by atoms with E-state index in [2.05, 4.69) is 45.6 Å². The quantitative estimate of drug-likeness (QED) is 0.454. The third-order valence-electron chi connectivity index (χ3n) is 4.20. The minimum atomic E-state index is 1.14. The Labute approximate surface area is 120 Å². The largest absolute Gasteiger partial charge is 0.317 e. The lowest BCUT2D eigenvalue weighted by atomic mass is 10.1. The molecule has 0 spiro atoms. The van der Waals surface area contributed by atoms with Gasteiger partial charge in [0, 0.05) is 0 Å². The predicted octanol–water partition coefficient (Wildman–Crippen LogP) is 4.87. The zero-order valence-corrected chi connectivity index (χ0v) is 13.3. The SMILES string of the molecule is C=CC[N+]1(C/C=C(\C)CCC=C(C)C)CCCCC1. The van der Waals surface area contributed by atoms with Crippen molar-refractivity contribution in [3.8, 4) is 0 Å². The van der Waals surface area contributed by atoms with Crippen LogP contribution in [0.15, 0.2) is 36.0 Å². The Morgan fingerprint density at radius 2 is 1.68 bits per heavy atom. The van der Waals surface area contributed by atoms with E-state index in [0.717, 1.165) is 6.54 Å². The fourth-order valence-electron chi connectivity index (χ4n) is 2.94. The lowest BCUT2D eigenvalue weighted by Gasteiger charge is -2.40.